The van der Waals surface area contributed by atoms with Gasteiger partial charge in [-0.15, -0.1) is 0 Å². The molecule has 0 bridgehead atoms. The Hall–Kier alpha value is -4.68. The number of hydrogen-bond donors (Lipinski definition) is 1. The number of benzene rings is 1. The minimum absolute atomic E-state index is 0.118. The fraction of sp³-hybridized carbons (Fsp3) is 0.357. The highest BCUT2D eigenvalue weighted by molar-refractivity contribution is 5.70. The summed E-state index contributed by atoms with van der Waals surface area (Å²) in [5, 5.41) is 11.4. The number of fused-ring (bicyclic) bond motifs is 2. The number of halogens is 2. The van der Waals surface area contributed by atoms with Crippen molar-refractivity contribution in [2.75, 3.05) is 13.1 Å². The quantitative estimate of drug-likeness (QED) is 0.211. The SMILES string of the molecule is O=C(O[C@@H]1CC[C@@H](c2cccc(F)c2F)Cc2cc([N+](=O)[O-])cnc21)N1CCC(n2c(=O)[nH]c3ncccc32)CC1. The first-order valence-electron chi connectivity index (χ1n) is 13.4. The molecule has 4 heterocycles. The average molecular weight is 565 g/mol. The standard InChI is InChI=1S/C28H26F2N6O5/c29-21-4-1-3-20(24(21)30)16-6-7-23(25-17(13-16)14-19(15-32-25)36(39)40)41-28(38)34-11-8-18(9-12-34)35-22-5-2-10-31-26(22)33-27(35)37/h1-5,10,14-16,18,23H,6-9,11-13H2,(H,31,33,37)/t16-,23-/m1/s1. The number of piperidine rings is 1. The summed E-state index contributed by atoms with van der Waals surface area (Å²) in [6, 6.07) is 8.79. The van der Waals surface area contributed by atoms with Crippen molar-refractivity contribution in [1.29, 1.82) is 0 Å². The third-order valence-electron chi connectivity index (χ3n) is 7.99. The number of H-pyrrole nitrogens is 1. The number of likely N-dealkylation sites (tertiary alicyclic amines) is 1. The van der Waals surface area contributed by atoms with Crippen molar-refractivity contribution in [1.82, 2.24) is 24.4 Å². The van der Waals surface area contributed by atoms with Gasteiger partial charge in [-0.2, -0.15) is 0 Å². The van der Waals surface area contributed by atoms with Crippen LogP contribution < -0.4 is 5.69 Å². The number of ether oxygens (including phenoxy) is 1. The van der Waals surface area contributed by atoms with Crippen LogP contribution in [0.4, 0.5) is 19.3 Å². The van der Waals surface area contributed by atoms with E-state index in [-0.39, 0.29) is 35.8 Å². The Morgan fingerprint density at radius 3 is 2.68 bits per heavy atom. The zero-order valence-corrected chi connectivity index (χ0v) is 21.8. The predicted octanol–water partition coefficient (Wildman–Crippen LogP) is 4.94. The second kappa shape index (κ2) is 10.7. The van der Waals surface area contributed by atoms with Crippen LogP contribution in [0.1, 0.15) is 60.6 Å². The van der Waals surface area contributed by atoms with Crippen LogP contribution >= 0.6 is 0 Å². The molecule has 1 aliphatic heterocycles. The van der Waals surface area contributed by atoms with E-state index in [2.05, 4.69) is 15.0 Å². The monoisotopic (exact) mass is 564 g/mol. The van der Waals surface area contributed by atoms with Crippen molar-refractivity contribution in [3.8, 4) is 0 Å². The molecule has 41 heavy (non-hydrogen) atoms. The number of carbonyl (C=O) groups excluding carboxylic acids is 1. The number of amides is 1. The second-order valence-corrected chi connectivity index (χ2v) is 10.4. The summed E-state index contributed by atoms with van der Waals surface area (Å²) >= 11 is 0. The first kappa shape index (κ1) is 26.5. The molecule has 212 valence electrons. The Bertz CT molecular complexity index is 1700. The van der Waals surface area contributed by atoms with Crippen LogP contribution in [0.3, 0.4) is 0 Å². The van der Waals surface area contributed by atoms with E-state index in [1.807, 2.05) is 6.07 Å². The Kier molecular flexibility index (Phi) is 6.93. The van der Waals surface area contributed by atoms with Gasteiger partial charge in [-0.1, -0.05) is 12.1 Å². The predicted molar refractivity (Wildman–Crippen MR) is 142 cm³/mol. The average Bonchev–Trinajstić information content (AvgIpc) is 3.20. The first-order chi connectivity index (χ1) is 19.8. The molecule has 0 saturated carbocycles. The van der Waals surface area contributed by atoms with Crippen molar-refractivity contribution < 1.29 is 23.2 Å². The molecule has 1 N–H and O–H groups in total. The summed E-state index contributed by atoms with van der Waals surface area (Å²) < 4.78 is 36.3. The third-order valence-corrected chi connectivity index (χ3v) is 7.99. The van der Waals surface area contributed by atoms with Crippen molar-refractivity contribution in [2.24, 2.45) is 0 Å². The molecule has 2 aliphatic rings. The van der Waals surface area contributed by atoms with Crippen LogP contribution in [-0.2, 0) is 11.2 Å². The Labute approximate surface area is 231 Å². The van der Waals surface area contributed by atoms with Gasteiger partial charge in [0.2, 0.25) is 0 Å². The fourth-order valence-electron chi connectivity index (χ4n) is 5.96. The van der Waals surface area contributed by atoms with E-state index in [1.165, 1.54) is 18.2 Å². The summed E-state index contributed by atoms with van der Waals surface area (Å²) in [5.41, 5.74) is 1.72. The number of nitro groups is 1. The van der Waals surface area contributed by atoms with Gasteiger partial charge in [0, 0.05) is 31.4 Å². The van der Waals surface area contributed by atoms with Crippen LogP contribution in [0.15, 0.2) is 53.6 Å². The molecule has 1 saturated heterocycles. The van der Waals surface area contributed by atoms with Crippen molar-refractivity contribution in [3.63, 3.8) is 0 Å². The van der Waals surface area contributed by atoms with Gasteiger partial charge in [-0.25, -0.2) is 28.3 Å². The number of nitrogens with zero attached hydrogens (tertiary/aromatic N) is 5. The zero-order valence-electron chi connectivity index (χ0n) is 21.8. The van der Waals surface area contributed by atoms with Crippen LogP contribution in [0.25, 0.3) is 11.2 Å². The van der Waals surface area contributed by atoms with E-state index in [1.54, 1.807) is 21.7 Å². The molecule has 2 atom stereocenters. The maximum atomic E-state index is 14.7. The van der Waals surface area contributed by atoms with Crippen LogP contribution in [0, 0.1) is 21.7 Å². The summed E-state index contributed by atoms with van der Waals surface area (Å²) in [6.07, 6.45) is 3.20. The molecule has 6 rings (SSSR count). The molecule has 1 aliphatic carbocycles. The Morgan fingerprint density at radius 1 is 1.10 bits per heavy atom. The molecule has 0 unspecified atom stereocenters. The third kappa shape index (κ3) is 5.03. The lowest BCUT2D eigenvalue weighted by Gasteiger charge is -2.33. The second-order valence-electron chi connectivity index (χ2n) is 10.4. The smallest absolute Gasteiger partial charge is 0.410 e. The number of pyridine rings is 2. The van der Waals surface area contributed by atoms with E-state index in [0.717, 1.165) is 12.3 Å². The minimum Gasteiger partial charge on any atom is -0.440 e. The van der Waals surface area contributed by atoms with Gasteiger partial charge in [0.1, 0.15) is 12.3 Å². The van der Waals surface area contributed by atoms with Gasteiger partial charge in [0.05, 0.1) is 16.1 Å². The maximum Gasteiger partial charge on any atom is 0.410 e. The topological polar surface area (TPSA) is 136 Å². The Morgan fingerprint density at radius 2 is 1.90 bits per heavy atom. The van der Waals surface area contributed by atoms with Gasteiger partial charge in [0.25, 0.3) is 5.69 Å². The van der Waals surface area contributed by atoms with Crippen LogP contribution in [0.5, 0.6) is 0 Å². The van der Waals surface area contributed by atoms with Gasteiger partial charge < -0.3 is 9.64 Å². The molecular formula is C28H26F2N6O5. The van der Waals surface area contributed by atoms with E-state index in [0.29, 0.717) is 54.8 Å². The number of aromatic nitrogens is 4. The lowest BCUT2D eigenvalue weighted by atomic mass is 9.89. The molecular weight excluding hydrogens is 538 g/mol. The lowest BCUT2D eigenvalue weighted by Crippen LogP contribution is -2.41. The molecule has 0 radical (unpaired) electrons. The van der Waals surface area contributed by atoms with E-state index >= 15 is 0 Å². The van der Waals surface area contributed by atoms with Crippen LogP contribution in [-0.4, -0.2) is 48.5 Å². The molecule has 11 nitrogen and oxygen atoms in total. The molecule has 1 fully saturated rings. The van der Waals surface area contributed by atoms with Gasteiger partial charge >= 0.3 is 11.8 Å². The molecule has 3 aromatic heterocycles. The fourth-order valence-corrected chi connectivity index (χ4v) is 5.96. The van der Waals surface area contributed by atoms with E-state index in [4.69, 9.17) is 4.74 Å². The number of aromatic amines is 1. The van der Waals surface area contributed by atoms with Crippen molar-refractivity contribution in [2.45, 2.75) is 50.2 Å². The number of rotatable bonds is 4. The zero-order chi connectivity index (χ0) is 28.7. The number of hydrogen-bond acceptors (Lipinski definition) is 7. The summed E-state index contributed by atoms with van der Waals surface area (Å²) in [5.74, 6) is -2.42. The highest BCUT2D eigenvalue weighted by Crippen LogP contribution is 2.39. The van der Waals surface area contributed by atoms with Crippen LogP contribution in [0.2, 0.25) is 0 Å². The van der Waals surface area contributed by atoms with Gasteiger partial charge in [-0.3, -0.25) is 19.7 Å². The molecule has 1 aromatic carbocycles. The maximum absolute atomic E-state index is 14.7. The lowest BCUT2D eigenvalue weighted by molar-refractivity contribution is -0.385. The normalized spacial score (nSPS) is 19.5. The molecule has 13 heteroatoms. The van der Waals surface area contributed by atoms with Gasteiger partial charge in [0.15, 0.2) is 17.3 Å². The Balaban J connectivity index is 1.20. The molecule has 0 spiro atoms. The summed E-state index contributed by atoms with van der Waals surface area (Å²) in [6.45, 7) is 0.709. The molecule has 1 amide bonds. The molecule has 4 aromatic rings. The van der Waals surface area contributed by atoms with Crippen molar-refractivity contribution >= 4 is 22.9 Å². The number of carbonyl (C=O) groups is 1. The number of nitrogens with one attached hydrogen (secondary N) is 1. The minimum atomic E-state index is -0.971. The number of imidazole rings is 1. The van der Waals surface area contributed by atoms with E-state index < -0.39 is 34.7 Å². The highest BCUT2D eigenvalue weighted by Gasteiger charge is 2.34. The highest BCUT2D eigenvalue weighted by atomic mass is 19.2. The van der Waals surface area contributed by atoms with E-state index in [9.17, 15) is 28.5 Å². The largest absolute Gasteiger partial charge is 0.440 e. The van der Waals surface area contributed by atoms with Crippen molar-refractivity contribution in [3.05, 3.63) is 97.8 Å². The summed E-state index contributed by atoms with van der Waals surface area (Å²) in [7, 11) is 0. The van der Waals surface area contributed by atoms with Gasteiger partial charge in [-0.05, 0) is 67.3 Å². The first-order valence-corrected chi connectivity index (χ1v) is 13.4. The summed E-state index contributed by atoms with van der Waals surface area (Å²) in [4.78, 5) is 49.5.